The number of phenols is 1. The van der Waals surface area contributed by atoms with Gasteiger partial charge in [-0.1, -0.05) is 0 Å². The first kappa shape index (κ1) is 13.8. The molecule has 0 bridgehead atoms. The Morgan fingerprint density at radius 1 is 1.20 bits per heavy atom. The van der Waals surface area contributed by atoms with E-state index >= 15 is 0 Å². The second kappa shape index (κ2) is 5.57. The van der Waals surface area contributed by atoms with Crippen LogP contribution < -0.4 is 5.32 Å². The number of anilines is 1. The number of hydrogen-bond donors (Lipinski definition) is 2. The third-order valence-corrected chi connectivity index (χ3v) is 2.93. The average Bonchev–Trinajstić information content (AvgIpc) is 2.43. The van der Waals surface area contributed by atoms with E-state index < -0.39 is 17.7 Å². The van der Waals surface area contributed by atoms with Crippen LogP contribution in [0.3, 0.4) is 0 Å². The fraction of sp³-hybridized carbons (Fsp3) is 0.133. The van der Waals surface area contributed by atoms with Gasteiger partial charge in [-0.15, -0.1) is 0 Å². The molecule has 2 aromatic carbocycles. The molecule has 0 saturated carbocycles. The first-order valence-corrected chi connectivity index (χ1v) is 5.96. The van der Waals surface area contributed by atoms with Gasteiger partial charge in [-0.3, -0.25) is 0 Å². The molecule has 0 fully saturated rings. The van der Waals surface area contributed by atoms with Crippen LogP contribution in [-0.2, 0) is 0 Å². The monoisotopic (exact) mass is 274 g/mol. The molecule has 0 saturated heterocycles. The van der Waals surface area contributed by atoms with Crippen molar-refractivity contribution in [2.45, 2.75) is 13.0 Å². The molecule has 2 rings (SSSR count). The topological polar surface area (TPSA) is 56.0 Å². The van der Waals surface area contributed by atoms with Crippen LogP contribution in [0.1, 0.15) is 24.1 Å². The summed E-state index contributed by atoms with van der Waals surface area (Å²) in [6.45, 7) is 1.73. The predicted octanol–water partition coefficient (Wildman–Crippen LogP) is 3.72. The third-order valence-electron chi connectivity index (χ3n) is 2.93. The summed E-state index contributed by atoms with van der Waals surface area (Å²) >= 11 is 0. The number of phenolic OH excluding ortho intramolecular Hbond substituents is 1. The van der Waals surface area contributed by atoms with Gasteiger partial charge < -0.3 is 10.4 Å². The SMILES string of the molecule is CC(Nc1ccc(F)c(C#N)c1)c1cc(F)ccc1O. The van der Waals surface area contributed by atoms with E-state index in [1.807, 2.05) is 0 Å². The molecule has 0 aliphatic rings. The minimum atomic E-state index is -0.598. The molecule has 0 amide bonds. The Labute approximate surface area is 115 Å². The van der Waals surface area contributed by atoms with Crippen molar-refractivity contribution in [2.24, 2.45) is 0 Å². The number of hydrogen-bond acceptors (Lipinski definition) is 3. The lowest BCUT2D eigenvalue weighted by Gasteiger charge is -2.17. The third kappa shape index (κ3) is 2.86. The zero-order valence-corrected chi connectivity index (χ0v) is 10.7. The summed E-state index contributed by atoms with van der Waals surface area (Å²) < 4.78 is 26.4. The maximum absolute atomic E-state index is 13.2. The predicted molar refractivity (Wildman–Crippen MR) is 71.2 cm³/mol. The van der Waals surface area contributed by atoms with Gasteiger partial charge in [-0.2, -0.15) is 5.26 Å². The fourth-order valence-electron chi connectivity index (χ4n) is 1.90. The van der Waals surface area contributed by atoms with Crippen LogP contribution in [0.5, 0.6) is 5.75 Å². The molecule has 0 radical (unpaired) electrons. The van der Waals surface area contributed by atoms with Gasteiger partial charge in [0.1, 0.15) is 23.5 Å². The summed E-state index contributed by atoms with van der Waals surface area (Å²) in [6, 6.07) is 9.02. The Kier molecular flexibility index (Phi) is 3.85. The minimum Gasteiger partial charge on any atom is -0.508 e. The number of nitrogens with zero attached hydrogens (tertiary/aromatic N) is 1. The second-order valence-electron chi connectivity index (χ2n) is 4.38. The average molecular weight is 274 g/mol. The Bertz CT molecular complexity index is 680. The molecule has 0 spiro atoms. The van der Waals surface area contributed by atoms with E-state index in [4.69, 9.17) is 5.26 Å². The summed E-state index contributed by atoms with van der Waals surface area (Å²) in [7, 11) is 0. The van der Waals surface area contributed by atoms with Crippen molar-refractivity contribution >= 4 is 5.69 Å². The Morgan fingerprint density at radius 3 is 2.65 bits per heavy atom. The molecule has 2 aromatic rings. The highest BCUT2D eigenvalue weighted by molar-refractivity contribution is 5.52. The molecule has 3 nitrogen and oxygen atoms in total. The molecule has 1 unspecified atom stereocenters. The lowest BCUT2D eigenvalue weighted by atomic mass is 10.1. The Morgan fingerprint density at radius 2 is 1.95 bits per heavy atom. The first-order valence-electron chi connectivity index (χ1n) is 5.96. The van der Waals surface area contributed by atoms with Gasteiger partial charge in [-0.05, 0) is 43.3 Å². The maximum Gasteiger partial charge on any atom is 0.141 e. The molecule has 0 aromatic heterocycles. The standard InChI is InChI=1S/C15H12F2N2O/c1-9(13-7-11(16)2-5-15(13)20)19-12-3-4-14(17)10(6-12)8-18/h2-7,9,19-20H,1H3. The molecule has 20 heavy (non-hydrogen) atoms. The molecule has 5 heteroatoms. The number of benzene rings is 2. The van der Waals surface area contributed by atoms with Gasteiger partial charge in [0.05, 0.1) is 11.6 Å². The number of nitrogens with one attached hydrogen (secondary N) is 1. The summed E-state index contributed by atoms with van der Waals surface area (Å²) in [6.07, 6.45) is 0. The van der Waals surface area contributed by atoms with Crippen molar-refractivity contribution in [3.8, 4) is 11.8 Å². The Balaban J connectivity index is 2.26. The van der Waals surface area contributed by atoms with Crippen molar-refractivity contribution in [1.82, 2.24) is 0 Å². The van der Waals surface area contributed by atoms with E-state index in [9.17, 15) is 13.9 Å². The quantitative estimate of drug-likeness (QED) is 0.897. The lowest BCUT2D eigenvalue weighted by molar-refractivity contribution is 0.462. The van der Waals surface area contributed by atoms with Crippen LogP contribution >= 0.6 is 0 Å². The maximum atomic E-state index is 13.2. The summed E-state index contributed by atoms with van der Waals surface area (Å²) in [5.74, 6) is -1.09. The summed E-state index contributed by atoms with van der Waals surface area (Å²) in [5, 5.41) is 21.5. The van der Waals surface area contributed by atoms with Crippen LogP contribution in [0.25, 0.3) is 0 Å². The highest BCUT2D eigenvalue weighted by Crippen LogP contribution is 2.28. The van der Waals surface area contributed by atoms with Crippen molar-refractivity contribution in [3.05, 3.63) is 59.2 Å². The van der Waals surface area contributed by atoms with E-state index in [0.717, 1.165) is 6.07 Å². The summed E-state index contributed by atoms with van der Waals surface area (Å²) in [4.78, 5) is 0. The van der Waals surface area contributed by atoms with Crippen LogP contribution in [0, 0.1) is 23.0 Å². The highest BCUT2D eigenvalue weighted by atomic mass is 19.1. The van der Waals surface area contributed by atoms with Crippen molar-refractivity contribution < 1.29 is 13.9 Å². The number of nitriles is 1. The largest absolute Gasteiger partial charge is 0.508 e. The molecule has 0 heterocycles. The molecule has 0 aliphatic heterocycles. The summed E-state index contributed by atoms with van der Waals surface area (Å²) in [5.41, 5.74) is 0.817. The van der Waals surface area contributed by atoms with Crippen LogP contribution in [0.15, 0.2) is 36.4 Å². The van der Waals surface area contributed by atoms with Crippen molar-refractivity contribution in [3.63, 3.8) is 0 Å². The van der Waals surface area contributed by atoms with E-state index in [1.54, 1.807) is 13.0 Å². The van der Waals surface area contributed by atoms with Gasteiger partial charge in [0, 0.05) is 11.3 Å². The van der Waals surface area contributed by atoms with Crippen molar-refractivity contribution in [2.75, 3.05) is 5.32 Å². The van der Waals surface area contributed by atoms with E-state index in [0.29, 0.717) is 11.3 Å². The molecule has 102 valence electrons. The van der Waals surface area contributed by atoms with E-state index in [1.165, 1.54) is 30.3 Å². The van der Waals surface area contributed by atoms with Gasteiger partial charge in [0.25, 0.3) is 0 Å². The van der Waals surface area contributed by atoms with Crippen LogP contribution in [0.2, 0.25) is 0 Å². The van der Waals surface area contributed by atoms with Gasteiger partial charge in [-0.25, -0.2) is 8.78 Å². The fourth-order valence-corrected chi connectivity index (χ4v) is 1.90. The Hall–Kier alpha value is -2.61. The zero-order chi connectivity index (χ0) is 14.7. The van der Waals surface area contributed by atoms with Crippen molar-refractivity contribution in [1.29, 1.82) is 5.26 Å². The molecule has 1 atom stereocenters. The van der Waals surface area contributed by atoms with Gasteiger partial charge >= 0.3 is 0 Å². The lowest BCUT2D eigenvalue weighted by Crippen LogP contribution is -2.07. The molecular formula is C15H12F2N2O. The smallest absolute Gasteiger partial charge is 0.141 e. The van der Waals surface area contributed by atoms with Gasteiger partial charge in [0.15, 0.2) is 0 Å². The highest BCUT2D eigenvalue weighted by Gasteiger charge is 2.12. The molecule has 2 N–H and O–H groups in total. The number of aromatic hydroxyl groups is 1. The van der Waals surface area contributed by atoms with E-state index in [-0.39, 0.29) is 11.3 Å². The zero-order valence-electron chi connectivity index (χ0n) is 10.7. The molecule has 0 aliphatic carbocycles. The number of rotatable bonds is 3. The number of halogens is 2. The molecular weight excluding hydrogens is 262 g/mol. The van der Waals surface area contributed by atoms with Crippen LogP contribution in [0.4, 0.5) is 14.5 Å². The second-order valence-corrected chi connectivity index (χ2v) is 4.38. The van der Waals surface area contributed by atoms with E-state index in [2.05, 4.69) is 5.32 Å². The normalized spacial score (nSPS) is 11.7. The minimum absolute atomic E-state index is 0.0333. The van der Waals surface area contributed by atoms with Gasteiger partial charge in [0.2, 0.25) is 0 Å². The van der Waals surface area contributed by atoms with Crippen LogP contribution in [-0.4, -0.2) is 5.11 Å². The first-order chi connectivity index (χ1) is 9.51.